The van der Waals surface area contributed by atoms with Crippen LogP contribution in [-0.2, 0) is 6.54 Å². The molecule has 18 heavy (non-hydrogen) atoms. The van der Waals surface area contributed by atoms with Crippen molar-refractivity contribution in [2.24, 2.45) is 5.92 Å². The van der Waals surface area contributed by atoms with Gasteiger partial charge in [0.1, 0.15) is 0 Å². The van der Waals surface area contributed by atoms with Crippen LogP contribution in [0.25, 0.3) is 0 Å². The Balaban J connectivity index is 2.22. The van der Waals surface area contributed by atoms with Gasteiger partial charge in [0.15, 0.2) is 0 Å². The minimum Gasteiger partial charge on any atom is -0.315 e. The number of thioether (sulfide) groups is 1. The molecule has 0 spiro atoms. The molecule has 0 bridgehead atoms. The molecule has 2 nitrogen and oxygen atoms in total. The Morgan fingerprint density at radius 3 is 2.28 bits per heavy atom. The maximum Gasteiger partial charge on any atom is 0.0208 e. The van der Waals surface area contributed by atoms with Crippen LogP contribution in [0, 0.1) is 5.92 Å². The molecule has 1 unspecified atom stereocenters. The molecule has 0 amide bonds. The van der Waals surface area contributed by atoms with E-state index in [0.717, 1.165) is 25.6 Å². The molecule has 0 aliphatic carbocycles. The highest BCUT2D eigenvalue weighted by molar-refractivity contribution is 7.98. The summed E-state index contributed by atoms with van der Waals surface area (Å²) in [6, 6.07) is 9.27. The average molecular weight is 266 g/mol. The molecular formula is C15H26N2S. The highest BCUT2D eigenvalue weighted by Gasteiger charge is 2.02. The summed E-state index contributed by atoms with van der Waals surface area (Å²) >= 11 is 1.79. The average Bonchev–Trinajstić information content (AvgIpc) is 2.36. The van der Waals surface area contributed by atoms with Gasteiger partial charge >= 0.3 is 0 Å². The SMILES string of the molecule is CSc1ccc(CNC(C)CNCC(C)C)cc1. The first-order valence-corrected chi connectivity index (χ1v) is 7.91. The molecule has 2 N–H and O–H groups in total. The Kier molecular flexibility index (Phi) is 7.40. The molecule has 1 aromatic rings. The lowest BCUT2D eigenvalue weighted by Crippen LogP contribution is -2.37. The van der Waals surface area contributed by atoms with E-state index in [4.69, 9.17) is 0 Å². The minimum atomic E-state index is 0.504. The third-order valence-electron chi connectivity index (χ3n) is 2.82. The molecule has 0 radical (unpaired) electrons. The first kappa shape index (κ1) is 15.5. The summed E-state index contributed by atoms with van der Waals surface area (Å²) in [5.74, 6) is 0.719. The number of hydrogen-bond donors (Lipinski definition) is 2. The summed E-state index contributed by atoms with van der Waals surface area (Å²) in [7, 11) is 0. The molecule has 0 saturated heterocycles. The van der Waals surface area contributed by atoms with Gasteiger partial charge in [-0.05, 0) is 43.3 Å². The van der Waals surface area contributed by atoms with Crippen molar-refractivity contribution in [3.05, 3.63) is 29.8 Å². The maximum atomic E-state index is 3.54. The van der Waals surface area contributed by atoms with E-state index < -0.39 is 0 Å². The molecule has 1 aromatic carbocycles. The van der Waals surface area contributed by atoms with Gasteiger partial charge in [-0.15, -0.1) is 11.8 Å². The van der Waals surface area contributed by atoms with Gasteiger partial charge in [-0.1, -0.05) is 26.0 Å². The zero-order valence-electron chi connectivity index (χ0n) is 12.0. The zero-order chi connectivity index (χ0) is 13.4. The lowest BCUT2D eigenvalue weighted by Gasteiger charge is -2.16. The monoisotopic (exact) mass is 266 g/mol. The predicted molar refractivity (Wildman–Crippen MR) is 82.2 cm³/mol. The number of hydrogen-bond acceptors (Lipinski definition) is 3. The van der Waals surface area contributed by atoms with Gasteiger partial charge in [0, 0.05) is 24.0 Å². The van der Waals surface area contributed by atoms with Crippen molar-refractivity contribution in [1.29, 1.82) is 0 Å². The molecule has 0 aliphatic rings. The van der Waals surface area contributed by atoms with E-state index >= 15 is 0 Å². The van der Waals surface area contributed by atoms with Crippen LogP contribution in [0.15, 0.2) is 29.2 Å². The van der Waals surface area contributed by atoms with Crippen molar-refractivity contribution in [3.63, 3.8) is 0 Å². The highest BCUT2D eigenvalue weighted by Crippen LogP contribution is 2.14. The molecule has 0 heterocycles. The third kappa shape index (κ3) is 6.43. The lowest BCUT2D eigenvalue weighted by atomic mass is 10.2. The predicted octanol–water partition coefficient (Wildman–Crippen LogP) is 3.13. The fourth-order valence-electron chi connectivity index (χ4n) is 1.70. The van der Waals surface area contributed by atoms with Crippen molar-refractivity contribution in [1.82, 2.24) is 10.6 Å². The number of rotatable bonds is 8. The van der Waals surface area contributed by atoms with Gasteiger partial charge in [-0.3, -0.25) is 0 Å². The Bertz CT molecular complexity index is 322. The fraction of sp³-hybridized carbons (Fsp3) is 0.600. The standard InChI is InChI=1S/C15H26N2S/c1-12(2)9-16-10-13(3)17-11-14-5-7-15(18-4)8-6-14/h5-8,12-13,16-17H,9-11H2,1-4H3. The molecule has 1 atom stereocenters. The van der Waals surface area contributed by atoms with Crippen molar-refractivity contribution < 1.29 is 0 Å². The number of benzene rings is 1. The molecule has 1 rings (SSSR count). The highest BCUT2D eigenvalue weighted by atomic mass is 32.2. The second-order valence-electron chi connectivity index (χ2n) is 5.18. The van der Waals surface area contributed by atoms with E-state index in [-0.39, 0.29) is 0 Å². The van der Waals surface area contributed by atoms with Gasteiger partial charge < -0.3 is 10.6 Å². The van der Waals surface area contributed by atoms with E-state index in [1.165, 1.54) is 10.5 Å². The van der Waals surface area contributed by atoms with Crippen LogP contribution < -0.4 is 10.6 Å². The Labute approximate surface area is 116 Å². The second kappa shape index (κ2) is 8.57. The topological polar surface area (TPSA) is 24.1 Å². The van der Waals surface area contributed by atoms with Crippen LogP contribution in [0.5, 0.6) is 0 Å². The van der Waals surface area contributed by atoms with Crippen LogP contribution in [0.4, 0.5) is 0 Å². The molecule has 0 fully saturated rings. The van der Waals surface area contributed by atoms with Gasteiger partial charge in [0.2, 0.25) is 0 Å². The van der Waals surface area contributed by atoms with Crippen LogP contribution in [0.1, 0.15) is 26.3 Å². The van der Waals surface area contributed by atoms with Crippen molar-refractivity contribution in [2.75, 3.05) is 19.3 Å². The van der Waals surface area contributed by atoms with Crippen LogP contribution >= 0.6 is 11.8 Å². The summed E-state index contributed by atoms with van der Waals surface area (Å²) in [5, 5.41) is 7.01. The summed E-state index contributed by atoms with van der Waals surface area (Å²) in [4.78, 5) is 1.32. The van der Waals surface area contributed by atoms with Crippen LogP contribution in [0.2, 0.25) is 0 Å². The quantitative estimate of drug-likeness (QED) is 0.707. The van der Waals surface area contributed by atoms with Crippen molar-refractivity contribution in [2.45, 2.75) is 38.3 Å². The van der Waals surface area contributed by atoms with Gasteiger partial charge in [-0.25, -0.2) is 0 Å². The van der Waals surface area contributed by atoms with Gasteiger partial charge in [-0.2, -0.15) is 0 Å². The Morgan fingerprint density at radius 1 is 1.06 bits per heavy atom. The summed E-state index contributed by atoms with van der Waals surface area (Å²) in [6.07, 6.45) is 2.11. The molecule has 0 saturated carbocycles. The smallest absolute Gasteiger partial charge is 0.0208 e. The molecule has 0 aliphatic heterocycles. The molecule has 3 heteroatoms. The summed E-state index contributed by atoms with van der Waals surface area (Å²) in [6.45, 7) is 9.76. The van der Waals surface area contributed by atoms with Gasteiger partial charge in [0.05, 0.1) is 0 Å². The van der Waals surface area contributed by atoms with E-state index in [1.807, 2.05) is 0 Å². The van der Waals surface area contributed by atoms with E-state index in [9.17, 15) is 0 Å². The van der Waals surface area contributed by atoms with E-state index in [2.05, 4.69) is 61.9 Å². The maximum absolute atomic E-state index is 3.54. The minimum absolute atomic E-state index is 0.504. The number of nitrogens with one attached hydrogen (secondary N) is 2. The second-order valence-corrected chi connectivity index (χ2v) is 6.06. The fourth-order valence-corrected chi connectivity index (χ4v) is 2.10. The third-order valence-corrected chi connectivity index (χ3v) is 3.56. The lowest BCUT2D eigenvalue weighted by molar-refractivity contribution is 0.472. The van der Waals surface area contributed by atoms with E-state index in [1.54, 1.807) is 11.8 Å². The zero-order valence-corrected chi connectivity index (χ0v) is 12.8. The van der Waals surface area contributed by atoms with Crippen LogP contribution in [-0.4, -0.2) is 25.4 Å². The largest absolute Gasteiger partial charge is 0.315 e. The normalized spacial score (nSPS) is 12.9. The van der Waals surface area contributed by atoms with E-state index in [0.29, 0.717) is 6.04 Å². The van der Waals surface area contributed by atoms with Crippen LogP contribution in [0.3, 0.4) is 0 Å². The first-order valence-electron chi connectivity index (χ1n) is 6.69. The summed E-state index contributed by atoms with van der Waals surface area (Å²) in [5.41, 5.74) is 1.35. The molecule has 102 valence electrons. The first-order chi connectivity index (χ1) is 8.61. The molecule has 0 aromatic heterocycles. The summed E-state index contributed by atoms with van der Waals surface area (Å²) < 4.78 is 0. The van der Waals surface area contributed by atoms with Gasteiger partial charge in [0.25, 0.3) is 0 Å². The molecular weight excluding hydrogens is 240 g/mol. The van der Waals surface area contributed by atoms with Crippen molar-refractivity contribution in [3.8, 4) is 0 Å². The Hall–Kier alpha value is -0.510. The van der Waals surface area contributed by atoms with Crippen molar-refractivity contribution >= 4 is 11.8 Å². The Morgan fingerprint density at radius 2 is 1.72 bits per heavy atom.